The maximum absolute atomic E-state index is 12.3. The molecule has 1 aromatic carbocycles. The first-order chi connectivity index (χ1) is 9.90. The van der Waals surface area contributed by atoms with Crippen LogP contribution in [0.4, 0.5) is 13.2 Å². The van der Waals surface area contributed by atoms with Crippen LogP contribution in [0.3, 0.4) is 0 Å². The lowest BCUT2D eigenvalue weighted by atomic mass is 10.1. The van der Waals surface area contributed by atoms with Gasteiger partial charge in [-0.1, -0.05) is 5.16 Å². The highest BCUT2D eigenvalue weighted by Gasteiger charge is 2.42. The molecule has 0 bridgehead atoms. The minimum absolute atomic E-state index is 0.00338. The summed E-state index contributed by atoms with van der Waals surface area (Å²) < 4.78 is 47.3. The third-order valence-corrected chi connectivity index (χ3v) is 3.31. The Morgan fingerprint density at radius 2 is 2.00 bits per heavy atom. The molecule has 1 aliphatic heterocycles. The largest absolute Gasteiger partial charge is 0.471 e. The fourth-order valence-corrected chi connectivity index (χ4v) is 2.37. The molecule has 0 aromatic heterocycles. The van der Waals surface area contributed by atoms with E-state index in [1.165, 1.54) is 12.1 Å². The highest BCUT2D eigenvalue weighted by molar-refractivity contribution is 6.06. The van der Waals surface area contributed by atoms with Crippen LogP contribution in [0.1, 0.15) is 23.6 Å². The van der Waals surface area contributed by atoms with Crippen LogP contribution >= 0.6 is 0 Å². The number of amides is 1. The Bertz CT molecular complexity index is 642. The number of oxime groups is 1. The fourth-order valence-electron chi connectivity index (χ4n) is 2.37. The summed E-state index contributed by atoms with van der Waals surface area (Å²) in [6, 6.07) is 2.07. The van der Waals surface area contributed by atoms with Crippen molar-refractivity contribution in [1.82, 2.24) is 5.32 Å². The number of carbonyl (C=O) groups is 1. The molecule has 1 heterocycles. The van der Waals surface area contributed by atoms with Gasteiger partial charge in [-0.2, -0.15) is 13.2 Å². The Hall–Kier alpha value is -2.45. The number of benzene rings is 1. The van der Waals surface area contributed by atoms with Gasteiger partial charge in [0.1, 0.15) is 0 Å². The number of alkyl halides is 3. The molecule has 3 rings (SSSR count). The molecule has 1 aromatic rings. The number of rotatable bonds is 1. The van der Waals surface area contributed by atoms with Crippen LogP contribution < -0.4 is 14.8 Å². The molecule has 0 unspecified atom stereocenters. The van der Waals surface area contributed by atoms with Crippen molar-refractivity contribution in [2.24, 2.45) is 5.16 Å². The number of nitrogens with one attached hydrogen (secondary N) is 1. The molecule has 2 N–H and O–H groups in total. The minimum atomic E-state index is -4.98. The summed E-state index contributed by atoms with van der Waals surface area (Å²) in [6.07, 6.45) is -5.02. The zero-order chi connectivity index (χ0) is 15.2. The molecular formula is C12H9F3N2O4. The number of fused-ring (bicyclic) bond motifs is 2. The van der Waals surface area contributed by atoms with Crippen molar-refractivity contribution in [3.63, 3.8) is 0 Å². The lowest BCUT2D eigenvalue weighted by molar-refractivity contribution is -0.174. The van der Waals surface area contributed by atoms with Crippen LogP contribution in [0, 0.1) is 0 Å². The second-order valence-corrected chi connectivity index (χ2v) is 4.57. The zero-order valence-corrected chi connectivity index (χ0v) is 10.4. The first-order valence-electron chi connectivity index (χ1n) is 5.92. The number of ether oxygens (including phenoxy) is 2. The van der Waals surface area contributed by atoms with E-state index in [4.69, 9.17) is 14.7 Å². The van der Waals surface area contributed by atoms with Gasteiger partial charge in [0.15, 0.2) is 11.5 Å². The SMILES string of the molecule is O=C(N[C@H]1CC(=NO)c2cc3c(cc21)OCO3)C(F)(F)F. The molecule has 0 fully saturated rings. The summed E-state index contributed by atoms with van der Waals surface area (Å²) in [6.45, 7) is 0.00338. The van der Waals surface area contributed by atoms with Gasteiger partial charge in [0.05, 0.1) is 11.8 Å². The van der Waals surface area contributed by atoms with Crippen molar-refractivity contribution in [2.75, 3.05) is 6.79 Å². The van der Waals surface area contributed by atoms with Gasteiger partial charge in [-0.15, -0.1) is 0 Å². The number of carbonyl (C=O) groups excluding carboxylic acids is 1. The van der Waals surface area contributed by atoms with Crippen molar-refractivity contribution >= 4 is 11.6 Å². The van der Waals surface area contributed by atoms with Crippen LogP contribution in [0.5, 0.6) is 11.5 Å². The Morgan fingerprint density at radius 1 is 1.33 bits per heavy atom. The maximum Gasteiger partial charge on any atom is 0.471 e. The van der Waals surface area contributed by atoms with Crippen LogP contribution in [0.25, 0.3) is 0 Å². The first kappa shape index (κ1) is 13.5. The van der Waals surface area contributed by atoms with Gasteiger partial charge in [0.2, 0.25) is 6.79 Å². The third-order valence-electron chi connectivity index (χ3n) is 3.31. The third kappa shape index (κ3) is 2.24. The molecule has 1 aliphatic carbocycles. The van der Waals surface area contributed by atoms with Crippen LogP contribution in [-0.4, -0.2) is 29.8 Å². The molecule has 0 spiro atoms. The van der Waals surface area contributed by atoms with E-state index in [0.717, 1.165) is 0 Å². The number of nitrogens with zero attached hydrogens (tertiary/aromatic N) is 1. The second kappa shape index (κ2) is 4.54. The molecule has 2 aliphatic rings. The lowest BCUT2D eigenvalue weighted by Crippen LogP contribution is -2.38. The Labute approximate surface area is 116 Å². The molecule has 1 amide bonds. The Balaban J connectivity index is 1.96. The Kier molecular flexibility index (Phi) is 2.92. The topological polar surface area (TPSA) is 80.2 Å². The van der Waals surface area contributed by atoms with E-state index in [1.54, 1.807) is 0 Å². The maximum atomic E-state index is 12.3. The van der Waals surface area contributed by atoms with Gasteiger partial charge in [0, 0.05) is 12.0 Å². The van der Waals surface area contributed by atoms with E-state index in [0.29, 0.717) is 22.6 Å². The summed E-state index contributed by atoms with van der Waals surface area (Å²) in [4.78, 5) is 11.1. The van der Waals surface area contributed by atoms with Crippen molar-refractivity contribution in [3.8, 4) is 11.5 Å². The molecule has 21 heavy (non-hydrogen) atoms. The summed E-state index contributed by atoms with van der Waals surface area (Å²) in [5.41, 5.74) is 0.995. The average Bonchev–Trinajstić information content (AvgIpc) is 2.99. The van der Waals surface area contributed by atoms with Crippen LogP contribution in [-0.2, 0) is 4.79 Å². The highest BCUT2D eigenvalue weighted by Crippen LogP contribution is 2.42. The molecule has 0 saturated heterocycles. The van der Waals surface area contributed by atoms with Crippen molar-refractivity contribution in [3.05, 3.63) is 23.3 Å². The summed E-state index contributed by atoms with van der Waals surface area (Å²) >= 11 is 0. The monoisotopic (exact) mass is 302 g/mol. The number of hydrogen-bond donors (Lipinski definition) is 2. The number of halogens is 3. The lowest BCUT2D eigenvalue weighted by Gasteiger charge is -2.15. The summed E-state index contributed by atoms with van der Waals surface area (Å²) in [5.74, 6) is -1.26. The van der Waals surface area contributed by atoms with Gasteiger partial charge >= 0.3 is 12.1 Å². The normalized spacial score (nSPS) is 21.5. The molecule has 9 heteroatoms. The van der Waals surface area contributed by atoms with E-state index in [-0.39, 0.29) is 18.9 Å². The van der Waals surface area contributed by atoms with Crippen molar-refractivity contribution in [1.29, 1.82) is 0 Å². The van der Waals surface area contributed by atoms with Crippen molar-refractivity contribution < 1.29 is 32.6 Å². The smallest absolute Gasteiger partial charge is 0.454 e. The first-order valence-corrected chi connectivity index (χ1v) is 5.92. The summed E-state index contributed by atoms with van der Waals surface area (Å²) in [5, 5.41) is 13.9. The van der Waals surface area contributed by atoms with Crippen LogP contribution in [0.15, 0.2) is 17.3 Å². The molecule has 112 valence electrons. The molecular weight excluding hydrogens is 293 g/mol. The van der Waals surface area contributed by atoms with E-state index in [9.17, 15) is 18.0 Å². The second-order valence-electron chi connectivity index (χ2n) is 4.57. The van der Waals surface area contributed by atoms with E-state index in [1.807, 2.05) is 5.32 Å². The Morgan fingerprint density at radius 3 is 2.62 bits per heavy atom. The molecule has 0 radical (unpaired) electrons. The van der Waals surface area contributed by atoms with Gasteiger partial charge in [0.25, 0.3) is 0 Å². The highest BCUT2D eigenvalue weighted by atomic mass is 19.4. The van der Waals surface area contributed by atoms with Gasteiger partial charge in [-0.25, -0.2) is 0 Å². The van der Waals surface area contributed by atoms with Crippen LogP contribution in [0.2, 0.25) is 0 Å². The van der Waals surface area contributed by atoms with Gasteiger partial charge < -0.3 is 20.0 Å². The average molecular weight is 302 g/mol. The molecule has 1 atom stereocenters. The minimum Gasteiger partial charge on any atom is -0.454 e. The van der Waals surface area contributed by atoms with E-state index in [2.05, 4.69) is 5.16 Å². The molecule has 0 saturated carbocycles. The predicted octanol–water partition coefficient (Wildman–Crippen LogP) is 1.72. The van der Waals surface area contributed by atoms with E-state index >= 15 is 0 Å². The predicted molar refractivity (Wildman–Crippen MR) is 62.4 cm³/mol. The standard InChI is InChI=1S/C12H9F3N2O4/c13-12(14,15)11(18)16-7-3-8(17-19)6-2-10-9(1-5(6)7)20-4-21-10/h1-2,7,19H,3-4H2,(H,16,18)/t7-/m0/s1. The fraction of sp³-hybridized carbons (Fsp3) is 0.333. The van der Waals surface area contributed by atoms with E-state index < -0.39 is 18.1 Å². The summed E-state index contributed by atoms with van der Waals surface area (Å²) in [7, 11) is 0. The molecule has 6 nitrogen and oxygen atoms in total. The number of hydrogen-bond acceptors (Lipinski definition) is 5. The zero-order valence-electron chi connectivity index (χ0n) is 10.4. The van der Waals surface area contributed by atoms with Gasteiger partial charge in [-0.05, 0) is 17.7 Å². The van der Waals surface area contributed by atoms with Gasteiger partial charge in [-0.3, -0.25) is 4.79 Å². The van der Waals surface area contributed by atoms with Crippen molar-refractivity contribution in [2.45, 2.75) is 18.6 Å². The quantitative estimate of drug-likeness (QED) is 0.611.